The lowest BCUT2D eigenvalue weighted by molar-refractivity contribution is -0.137. The molecule has 4 nitrogen and oxygen atoms in total. The Hall–Kier alpha value is -0.610. The molecule has 2 unspecified atom stereocenters. The van der Waals surface area contributed by atoms with E-state index in [1.165, 1.54) is 12.8 Å². The van der Waals surface area contributed by atoms with Crippen LogP contribution in [0, 0.1) is 5.92 Å². The number of carbonyl (C=O) groups is 1. The Morgan fingerprint density at radius 1 is 1.28 bits per heavy atom. The Balaban J connectivity index is 1.93. The minimum absolute atomic E-state index is 0.148. The molecule has 2 aliphatic rings. The van der Waals surface area contributed by atoms with E-state index in [1.54, 1.807) is 0 Å². The largest absolute Gasteiger partial charge is 0.341 e. The van der Waals surface area contributed by atoms with Gasteiger partial charge in [0.05, 0.1) is 6.04 Å². The first-order valence-corrected chi connectivity index (χ1v) is 7.49. The normalized spacial score (nSPS) is 29.8. The van der Waals surface area contributed by atoms with Gasteiger partial charge in [0.2, 0.25) is 5.91 Å². The molecule has 1 amide bonds. The Labute approximate surface area is 110 Å². The van der Waals surface area contributed by atoms with Gasteiger partial charge in [0.1, 0.15) is 0 Å². The van der Waals surface area contributed by atoms with Gasteiger partial charge in [-0.1, -0.05) is 13.3 Å². The number of carbonyl (C=O) groups excluding carboxylic acids is 1. The van der Waals surface area contributed by atoms with E-state index in [0.29, 0.717) is 18.4 Å². The average Bonchev–Trinajstić information content (AvgIpc) is 2.88. The molecule has 2 saturated heterocycles. The molecule has 0 spiro atoms. The molecule has 2 aliphatic heterocycles. The van der Waals surface area contributed by atoms with Crippen LogP contribution in [0.2, 0.25) is 0 Å². The highest BCUT2D eigenvalue weighted by Crippen LogP contribution is 2.22. The summed E-state index contributed by atoms with van der Waals surface area (Å²) in [7, 11) is 0. The highest BCUT2D eigenvalue weighted by molar-refractivity contribution is 5.82. The first kappa shape index (κ1) is 13.8. The lowest BCUT2D eigenvalue weighted by atomic mass is 10.0. The number of nitrogens with zero attached hydrogens (tertiary/aromatic N) is 2. The maximum Gasteiger partial charge on any atom is 0.239 e. The van der Waals surface area contributed by atoms with Crippen LogP contribution < -0.4 is 5.73 Å². The fourth-order valence-corrected chi connectivity index (χ4v) is 3.26. The fraction of sp³-hybridized carbons (Fsp3) is 0.929. The van der Waals surface area contributed by atoms with Gasteiger partial charge in [-0.3, -0.25) is 9.69 Å². The summed E-state index contributed by atoms with van der Waals surface area (Å²) in [5.41, 5.74) is 5.70. The van der Waals surface area contributed by atoms with E-state index in [9.17, 15) is 4.79 Å². The van der Waals surface area contributed by atoms with Crippen molar-refractivity contribution in [2.24, 2.45) is 11.7 Å². The van der Waals surface area contributed by atoms with E-state index >= 15 is 0 Å². The zero-order chi connectivity index (χ0) is 13.0. The van der Waals surface area contributed by atoms with Crippen LogP contribution in [0.4, 0.5) is 0 Å². The van der Waals surface area contributed by atoms with Crippen LogP contribution in [0.3, 0.4) is 0 Å². The van der Waals surface area contributed by atoms with Crippen LogP contribution in [0.15, 0.2) is 0 Å². The van der Waals surface area contributed by atoms with Crippen molar-refractivity contribution in [3.05, 3.63) is 0 Å². The molecule has 2 heterocycles. The Morgan fingerprint density at radius 3 is 2.78 bits per heavy atom. The Kier molecular flexibility index (Phi) is 5.01. The zero-order valence-electron chi connectivity index (χ0n) is 11.6. The summed E-state index contributed by atoms with van der Waals surface area (Å²) < 4.78 is 0. The monoisotopic (exact) mass is 253 g/mol. The van der Waals surface area contributed by atoms with E-state index < -0.39 is 0 Å². The standard InChI is InChI=1S/C14H27N3O/c1-2-7-16-8-4-3-5-13(16)14(18)17-9-6-12(10-15)11-17/h12-13H,2-11,15H2,1H3. The smallest absolute Gasteiger partial charge is 0.239 e. The van der Waals surface area contributed by atoms with Crippen molar-refractivity contribution in [1.29, 1.82) is 0 Å². The van der Waals surface area contributed by atoms with Crippen molar-refractivity contribution in [3.63, 3.8) is 0 Å². The summed E-state index contributed by atoms with van der Waals surface area (Å²) in [6, 6.07) is 0.148. The Bertz CT molecular complexity index is 280. The van der Waals surface area contributed by atoms with Gasteiger partial charge < -0.3 is 10.6 Å². The third-order valence-electron chi connectivity index (χ3n) is 4.34. The number of likely N-dealkylation sites (tertiary alicyclic amines) is 2. The molecule has 0 aliphatic carbocycles. The second kappa shape index (κ2) is 6.53. The molecule has 2 N–H and O–H groups in total. The van der Waals surface area contributed by atoms with Gasteiger partial charge in [-0.25, -0.2) is 0 Å². The predicted octanol–water partition coefficient (Wildman–Crippen LogP) is 1.06. The quantitative estimate of drug-likeness (QED) is 0.815. The number of hydrogen-bond acceptors (Lipinski definition) is 3. The minimum atomic E-state index is 0.148. The summed E-state index contributed by atoms with van der Waals surface area (Å²) in [6.45, 7) is 6.86. The minimum Gasteiger partial charge on any atom is -0.341 e. The lowest BCUT2D eigenvalue weighted by Crippen LogP contribution is -2.50. The molecule has 2 rings (SSSR count). The van der Waals surface area contributed by atoms with Crippen LogP contribution in [0.25, 0.3) is 0 Å². The van der Waals surface area contributed by atoms with Gasteiger partial charge in [-0.05, 0) is 51.2 Å². The van der Waals surface area contributed by atoms with E-state index in [2.05, 4.69) is 16.7 Å². The fourth-order valence-electron chi connectivity index (χ4n) is 3.26. The molecule has 0 bridgehead atoms. The number of hydrogen-bond donors (Lipinski definition) is 1. The molecule has 0 aromatic carbocycles. The van der Waals surface area contributed by atoms with Crippen LogP contribution in [0.1, 0.15) is 39.0 Å². The van der Waals surface area contributed by atoms with Gasteiger partial charge >= 0.3 is 0 Å². The number of amides is 1. The van der Waals surface area contributed by atoms with Crippen LogP contribution in [0.5, 0.6) is 0 Å². The van der Waals surface area contributed by atoms with Crippen LogP contribution in [-0.4, -0.2) is 54.5 Å². The molecular formula is C14H27N3O. The molecule has 0 saturated carbocycles. The first-order chi connectivity index (χ1) is 8.76. The van der Waals surface area contributed by atoms with Crippen molar-refractivity contribution in [2.45, 2.75) is 45.1 Å². The zero-order valence-corrected chi connectivity index (χ0v) is 11.6. The molecule has 0 radical (unpaired) electrons. The van der Waals surface area contributed by atoms with Gasteiger partial charge in [0.15, 0.2) is 0 Å². The summed E-state index contributed by atoms with van der Waals surface area (Å²) in [5, 5.41) is 0. The van der Waals surface area contributed by atoms with Crippen molar-refractivity contribution >= 4 is 5.91 Å². The van der Waals surface area contributed by atoms with E-state index in [4.69, 9.17) is 5.73 Å². The second-order valence-electron chi connectivity index (χ2n) is 5.72. The number of nitrogens with two attached hydrogens (primary N) is 1. The molecule has 104 valence electrons. The number of rotatable bonds is 4. The number of piperidine rings is 1. The first-order valence-electron chi connectivity index (χ1n) is 7.49. The molecule has 2 fully saturated rings. The van der Waals surface area contributed by atoms with E-state index in [1.807, 2.05) is 0 Å². The summed E-state index contributed by atoms with van der Waals surface area (Å²) in [6.07, 6.45) is 5.71. The second-order valence-corrected chi connectivity index (χ2v) is 5.72. The highest BCUT2D eigenvalue weighted by Gasteiger charge is 2.34. The van der Waals surface area contributed by atoms with Crippen molar-refractivity contribution in [1.82, 2.24) is 9.80 Å². The van der Waals surface area contributed by atoms with Crippen LogP contribution >= 0.6 is 0 Å². The van der Waals surface area contributed by atoms with Crippen molar-refractivity contribution in [2.75, 3.05) is 32.7 Å². The highest BCUT2D eigenvalue weighted by atomic mass is 16.2. The van der Waals surface area contributed by atoms with Gasteiger partial charge in [-0.2, -0.15) is 0 Å². The van der Waals surface area contributed by atoms with Crippen LogP contribution in [-0.2, 0) is 4.79 Å². The SMILES string of the molecule is CCCN1CCCCC1C(=O)N1CCC(CN)C1. The lowest BCUT2D eigenvalue weighted by Gasteiger charge is -2.36. The van der Waals surface area contributed by atoms with E-state index in [0.717, 1.165) is 45.4 Å². The summed E-state index contributed by atoms with van der Waals surface area (Å²) >= 11 is 0. The average molecular weight is 253 g/mol. The van der Waals surface area contributed by atoms with Gasteiger partial charge in [0, 0.05) is 13.1 Å². The predicted molar refractivity (Wildman–Crippen MR) is 73.2 cm³/mol. The maximum absolute atomic E-state index is 12.6. The molecule has 0 aromatic rings. The van der Waals surface area contributed by atoms with Crippen molar-refractivity contribution in [3.8, 4) is 0 Å². The summed E-state index contributed by atoms with van der Waals surface area (Å²) in [4.78, 5) is 17.0. The Morgan fingerprint density at radius 2 is 2.11 bits per heavy atom. The molecule has 2 atom stereocenters. The van der Waals surface area contributed by atoms with Gasteiger partial charge in [-0.15, -0.1) is 0 Å². The molecule has 4 heteroatoms. The van der Waals surface area contributed by atoms with Crippen molar-refractivity contribution < 1.29 is 4.79 Å². The molecular weight excluding hydrogens is 226 g/mol. The van der Waals surface area contributed by atoms with E-state index in [-0.39, 0.29) is 6.04 Å². The maximum atomic E-state index is 12.6. The molecule has 0 aromatic heterocycles. The molecule has 18 heavy (non-hydrogen) atoms. The summed E-state index contributed by atoms with van der Waals surface area (Å²) in [5.74, 6) is 0.885. The topological polar surface area (TPSA) is 49.6 Å². The third-order valence-corrected chi connectivity index (χ3v) is 4.34. The third kappa shape index (κ3) is 3.04. The van der Waals surface area contributed by atoms with Gasteiger partial charge in [0.25, 0.3) is 0 Å².